The van der Waals surface area contributed by atoms with Crippen LogP contribution in [0.15, 0.2) is 71.6 Å². The molecule has 1 fully saturated rings. The molecule has 1 aliphatic heterocycles. The average Bonchev–Trinajstić information content (AvgIpc) is 3.29. The highest BCUT2D eigenvalue weighted by molar-refractivity contribution is 7.91. The Kier molecular flexibility index (Phi) is 5.53. The largest absolute Gasteiger partial charge is 0.497 e. The summed E-state index contributed by atoms with van der Waals surface area (Å²) in [5.74, 6) is 0.996. The number of hydrogen-bond acceptors (Lipinski definition) is 5. The number of benzene rings is 2. The third kappa shape index (κ3) is 4.14. The van der Waals surface area contributed by atoms with E-state index < -0.39 is 9.84 Å². The second-order valence-corrected chi connectivity index (χ2v) is 9.27. The number of rotatable bonds is 7. The van der Waals surface area contributed by atoms with E-state index in [4.69, 9.17) is 14.2 Å². The number of allylic oxidation sites excluding steroid dienone is 1. The van der Waals surface area contributed by atoms with Crippen LogP contribution in [0.25, 0.3) is 0 Å². The fraction of sp³-hybridized carbons (Fsp3) is 0.364. The first kappa shape index (κ1) is 19.2. The van der Waals surface area contributed by atoms with Gasteiger partial charge in [-0.3, -0.25) is 0 Å². The van der Waals surface area contributed by atoms with Gasteiger partial charge in [0, 0.05) is 12.3 Å². The molecule has 1 aliphatic carbocycles. The summed E-state index contributed by atoms with van der Waals surface area (Å²) in [7, 11) is -1.68. The van der Waals surface area contributed by atoms with Gasteiger partial charge in [-0.15, -0.1) is 0 Å². The average molecular weight is 400 g/mol. The number of fused-ring (bicyclic) bond motifs is 1. The second-order valence-electron chi connectivity index (χ2n) is 7.23. The molecule has 1 heterocycles. The van der Waals surface area contributed by atoms with Crippen molar-refractivity contribution in [3.05, 3.63) is 72.3 Å². The van der Waals surface area contributed by atoms with Gasteiger partial charge in [0.15, 0.2) is 16.1 Å². The van der Waals surface area contributed by atoms with E-state index in [1.54, 1.807) is 31.4 Å². The summed E-state index contributed by atoms with van der Waals surface area (Å²) in [4.78, 5) is 0.373. The van der Waals surface area contributed by atoms with Crippen molar-refractivity contribution < 1.29 is 22.6 Å². The first-order valence-corrected chi connectivity index (χ1v) is 11.1. The van der Waals surface area contributed by atoms with E-state index in [1.165, 1.54) is 0 Å². The van der Waals surface area contributed by atoms with Crippen molar-refractivity contribution in [1.29, 1.82) is 0 Å². The van der Waals surface area contributed by atoms with Crippen molar-refractivity contribution >= 4 is 9.84 Å². The third-order valence-corrected chi connectivity index (χ3v) is 7.22. The van der Waals surface area contributed by atoms with Gasteiger partial charge in [0.25, 0.3) is 0 Å². The molecule has 0 N–H and O–H groups in total. The molecule has 1 unspecified atom stereocenters. The molecule has 0 spiro atoms. The van der Waals surface area contributed by atoms with Crippen molar-refractivity contribution in [3.63, 3.8) is 0 Å². The molecule has 6 heteroatoms. The number of methoxy groups -OCH3 is 1. The quantitative estimate of drug-likeness (QED) is 0.665. The molecule has 1 saturated heterocycles. The molecule has 0 saturated carbocycles. The van der Waals surface area contributed by atoms with Gasteiger partial charge in [-0.2, -0.15) is 0 Å². The molecule has 2 aliphatic rings. The van der Waals surface area contributed by atoms with Gasteiger partial charge in [0.05, 0.1) is 30.5 Å². The Morgan fingerprint density at radius 2 is 1.79 bits per heavy atom. The van der Waals surface area contributed by atoms with E-state index >= 15 is 0 Å². The van der Waals surface area contributed by atoms with Crippen molar-refractivity contribution in [3.8, 4) is 5.75 Å². The van der Waals surface area contributed by atoms with Crippen molar-refractivity contribution in [2.45, 2.75) is 30.3 Å². The molecule has 28 heavy (non-hydrogen) atoms. The van der Waals surface area contributed by atoms with Crippen LogP contribution in [0.5, 0.6) is 5.75 Å². The SMILES string of the molecule is COc1ccc(COC2C[C@H]3[C@H](C=C[C@H]3CS(=O)(=O)c3ccccc3)O2)cc1. The fourth-order valence-corrected chi connectivity index (χ4v) is 5.49. The normalized spacial score (nSPS) is 26.3. The maximum atomic E-state index is 12.7. The Balaban J connectivity index is 1.34. The standard InChI is InChI=1S/C22H24O5S/c1-25-18-10-7-16(8-11-18)14-26-22-13-20-17(9-12-21(20)27-22)15-28(23,24)19-5-3-2-4-6-19/h2-12,17,20-22H,13-15H2,1H3/t17-,20+,21-,22?/m0/s1. The molecule has 0 radical (unpaired) electrons. The summed E-state index contributed by atoms with van der Waals surface area (Å²) in [6.45, 7) is 0.449. The van der Waals surface area contributed by atoms with Gasteiger partial charge in [0.1, 0.15) is 5.75 Å². The van der Waals surface area contributed by atoms with Gasteiger partial charge in [0.2, 0.25) is 0 Å². The fourth-order valence-electron chi connectivity index (χ4n) is 3.86. The van der Waals surface area contributed by atoms with E-state index in [1.807, 2.05) is 42.5 Å². The Bertz CT molecular complexity index is 921. The van der Waals surface area contributed by atoms with E-state index in [9.17, 15) is 8.42 Å². The van der Waals surface area contributed by atoms with E-state index in [2.05, 4.69) is 0 Å². The van der Waals surface area contributed by atoms with Crippen LogP contribution in [-0.4, -0.2) is 33.7 Å². The molecular formula is C22H24O5S. The highest BCUT2D eigenvalue weighted by Gasteiger charge is 2.43. The van der Waals surface area contributed by atoms with Gasteiger partial charge in [-0.05, 0) is 35.7 Å². The van der Waals surface area contributed by atoms with Gasteiger partial charge in [-0.1, -0.05) is 42.5 Å². The molecule has 4 atom stereocenters. The van der Waals surface area contributed by atoms with Crippen molar-refractivity contribution in [2.24, 2.45) is 11.8 Å². The van der Waals surface area contributed by atoms with Crippen LogP contribution in [0, 0.1) is 11.8 Å². The molecule has 5 nitrogen and oxygen atoms in total. The van der Waals surface area contributed by atoms with Crippen LogP contribution in [0.4, 0.5) is 0 Å². The van der Waals surface area contributed by atoms with Gasteiger partial charge >= 0.3 is 0 Å². The molecule has 4 rings (SSSR count). The van der Waals surface area contributed by atoms with E-state index in [0.717, 1.165) is 11.3 Å². The molecule has 148 valence electrons. The van der Waals surface area contributed by atoms with Crippen LogP contribution in [0.3, 0.4) is 0 Å². The number of ether oxygens (including phenoxy) is 3. The lowest BCUT2D eigenvalue weighted by molar-refractivity contribution is -0.132. The first-order chi connectivity index (χ1) is 13.5. The zero-order chi connectivity index (χ0) is 19.6. The maximum absolute atomic E-state index is 12.7. The molecule has 0 bridgehead atoms. The molecular weight excluding hydrogens is 376 g/mol. The van der Waals surface area contributed by atoms with Gasteiger partial charge in [-0.25, -0.2) is 8.42 Å². The first-order valence-electron chi connectivity index (χ1n) is 9.41. The third-order valence-electron chi connectivity index (χ3n) is 5.40. The second kappa shape index (κ2) is 8.07. The minimum absolute atomic E-state index is 0.0511. The summed E-state index contributed by atoms with van der Waals surface area (Å²) < 4.78 is 42.5. The van der Waals surface area contributed by atoms with E-state index in [-0.39, 0.29) is 30.0 Å². The van der Waals surface area contributed by atoms with E-state index in [0.29, 0.717) is 17.9 Å². The van der Waals surface area contributed by atoms with Crippen molar-refractivity contribution in [2.75, 3.05) is 12.9 Å². The van der Waals surface area contributed by atoms with Crippen LogP contribution >= 0.6 is 0 Å². The summed E-state index contributed by atoms with van der Waals surface area (Å²) in [5, 5.41) is 0. The van der Waals surface area contributed by atoms with Crippen LogP contribution in [0.1, 0.15) is 12.0 Å². The van der Waals surface area contributed by atoms with Crippen molar-refractivity contribution in [1.82, 2.24) is 0 Å². The lowest BCUT2D eigenvalue weighted by atomic mass is 9.94. The number of sulfone groups is 1. The smallest absolute Gasteiger partial charge is 0.178 e. The lowest BCUT2D eigenvalue weighted by Gasteiger charge is -2.17. The minimum Gasteiger partial charge on any atom is -0.497 e. The number of hydrogen-bond donors (Lipinski definition) is 0. The Labute approximate surface area is 165 Å². The molecule has 2 aromatic carbocycles. The van der Waals surface area contributed by atoms with Crippen LogP contribution in [-0.2, 0) is 25.9 Å². The molecule has 0 aromatic heterocycles. The Hall–Kier alpha value is -2.15. The lowest BCUT2D eigenvalue weighted by Crippen LogP contribution is -2.23. The highest BCUT2D eigenvalue weighted by Crippen LogP contribution is 2.40. The summed E-state index contributed by atoms with van der Waals surface area (Å²) in [6.07, 6.45) is 4.27. The molecule has 0 amide bonds. The van der Waals surface area contributed by atoms with Gasteiger partial charge < -0.3 is 14.2 Å². The summed E-state index contributed by atoms with van der Waals surface area (Å²) in [5.41, 5.74) is 1.04. The zero-order valence-corrected chi connectivity index (χ0v) is 16.5. The predicted molar refractivity (Wildman–Crippen MR) is 106 cm³/mol. The Morgan fingerprint density at radius 1 is 1.04 bits per heavy atom. The predicted octanol–water partition coefficient (Wildman–Crippen LogP) is 3.60. The minimum atomic E-state index is -3.32. The zero-order valence-electron chi connectivity index (χ0n) is 15.7. The highest BCUT2D eigenvalue weighted by atomic mass is 32.2. The van der Waals surface area contributed by atoms with Crippen LogP contribution in [0.2, 0.25) is 0 Å². The molecule has 2 aromatic rings. The Morgan fingerprint density at radius 3 is 2.50 bits per heavy atom. The maximum Gasteiger partial charge on any atom is 0.178 e. The van der Waals surface area contributed by atoms with Crippen LogP contribution < -0.4 is 4.74 Å². The topological polar surface area (TPSA) is 61.8 Å². The summed E-state index contributed by atoms with van der Waals surface area (Å²) in [6, 6.07) is 16.3. The summed E-state index contributed by atoms with van der Waals surface area (Å²) >= 11 is 0. The monoisotopic (exact) mass is 400 g/mol.